The molecule has 16 nitrogen and oxygen atoms in total. The van der Waals surface area contributed by atoms with Crippen LogP contribution < -0.4 is 0 Å². The summed E-state index contributed by atoms with van der Waals surface area (Å²) in [7, 11) is 0. The summed E-state index contributed by atoms with van der Waals surface area (Å²) < 4.78 is 70.7. The number of carbonyl (C=O) groups is 1. The lowest BCUT2D eigenvalue weighted by Crippen LogP contribution is -2.22. The van der Waals surface area contributed by atoms with Crippen molar-refractivity contribution in [2.24, 2.45) is 0 Å². The Morgan fingerprint density at radius 3 is 0.850 bits per heavy atom. The van der Waals surface area contributed by atoms with E-state index in [1.165, 1.54) is 83.5 Å². The molecule has 60 heavy (non-hydrogen) atoms. The van der Waals surface area contributed by atoms with Crippen molar-refractivity contribution in [3.63, 3.8) is 0 Å². The Morgan fingerprint density at radius 1 is 0.350 bits per heavy atom. The summed E-state index contributed by atoms with van der Waals surface area (Å²) in [5.41, 5.74) is 0. The highest BCUT2D eigenvalue weighted by molar-refractivity contribution is 5.69. The molecule has 0 saturated heterocycles. The van der Waals surface area contributed by atoms with Gasteiger partial charge in [0.2, 0.25) is 0 Å². The third kappa shape index (κ3) is 53.0. The molecule has 16 heteroatoms. The van der Waals surface area contributed by atoms with Gasteiger partial charge in [0.05, 0.1) is 165 Å². The Morgan fingerprint density at radius 2 is 0.583 bits per heavy atom. The normalized spacial score (nSPS) is 12.1. The molecule has 360 valence electrons. The van der Waals surface area contributed by atoms with Crippen molar-refractivity contribution in [2.75, 3.05) is 172 Å². The molecule has 0 aromatic heterocycles. The lowest BCUT2D eigenvalue weighted by atomic mass is 10.0. The van der Waals surface area contributed by atoms with Gasteiger partial charge in [0, 0.05) is 6.61 Å². The Labute approximate surface area is 363 Å². The van der Waals surface area contributed by atoms with Gasteiger partial charge in [-0.1, -0.05) is 90.4 Å². The second-order valence-corrected chi connectivity index (χ2v) is 14.2. The van der Waals surface area contributed by atoms with Crippen molar-refractivity contribution >= 4 is 5.97 Å². The minimum Gasteiger partial charge on any atom is -0.463 e. The first-order valence-electron chi connectivity index (χ1n) is 23.1. The minimum absolute atomic E-state index is 0.0669. The number of ether oxygens (including phenoxy) is 13. The second kappa shape index (κ2) is 54.0. The van der Waals surface area contributed by atoms with Crippen molar-refractivity contribution in [1.29, 1.82) is 0 Å². The van der Waals surface area contributed by atoms with Gasteiger partial charge in [-0.2, -0.15) is 0 Å². The molecule has 0 spiro atoms. The Balaban J connectivity index is 3.09. The molecule has 0 aromatic rings. The molecule has 0 aromatic carbocycles. The SMILES string of the molecule is CCCCCCCCCCCCCCCCOCCOCCOCCOCCOCCOCCOCCOCCOCCOCCOCCOCCC(=O)OCC(O)CO. The molecular formula is C44H88O16. The number of hydrogen-bond donors (Lipinski definition) is 2. The van der Waals surface area contributed by atoms with E-state index in [0.717, 1.165) is 13.0 Å². The van der Waals surface area contributed by atoms with Crippen LogP contribution in [0.3, 0.4) is 0 Å². The van der Waals surface area contributed by atoms with Gasteiger partial charge < -0.3 is 71.8 Å². The van der Waals surface area contributed by atoms with Gasteiger partial charge in [-0.15, -0.1) is 0 Å². The largest absolute Gasteiger partial charge is 0.463 e. The molecule has 0 aliphatic rings. The Bertz CT molecular complexity index is 799. The number of rotatable bonds is 54. The lowest BCUT2D eigenvalue weighted by Gasteiger charge is -2.09. The zero-order valence-corrected chi connectivity index (χ0v) is 37.7. The molecule has 0 rings (SSSR count). The maximum atomic E-state index is 11.4. The lowest BCUT2D eigenvalue weighted by molar-refractivity contribution is -0.148. The maximum absolute atomic E-state index is 11.4. The topological polar surface area (TPSA) is 178 Å². The monoisotopic (exact) mass is 873 g/mol. The highest BCUT2D eigenvalue weighted by atomic mass is 16.6. The third-order valence-corrected chi connectivity index (χ3v) is 8.83. The van der Waals surface area contributed by atoms with E-state index in [4.69, 9.17) is 71.8 Å². The zero-order valence-electron chi connectivity index (χ0n) is 37.7. The first-order chi connectivity index (χ1) is 29.7. The van der Waals surface area contributed by atoms with E-state index in [1.54, 1.807) is 0 Å². The first kappa shape index (κ1) is 58.9. The molecule has 1 atom stereocenters. The average Bonchev–Trinajstić information content (AvgIpc) is 3.26. The van der Waals surface area contributed by atoms with Crippen LogP contribution in [0.15, 0.2) is 0 Å². The van der Waals surface area contributed by atoms with E-state index in [2.05, 4.69) is 6.92 Å². The fourth-order valence-electron chi connectivity index (χ4n) is 5.39. The van der Waals surface area contributed by atoms with Crippen molar-refractivity contribution in [1.82, 2.24) is 0 Å². The summed E-state index contributed by atoms with van der Waals surface area (Å²) in [5.74, 6) is -0.495. The van der Waals surface area contributed by atoms with Gasteiger partial charge in [-0.3, -0.25) is 4.79 Å². The fraction of sp³-hybridized carbons (Fsp3) is 0.977. The number of unbranched alkanes of at least 4 members (excludes halogenated alkanes) is 13. The zero-order chi connectivity index (χ0) is 43.3. The first-order valence-corrected chi connectivity index (χ1v) is 23.1. The maximum Gasteiger partial charge on any atom is 0.308 e. The second-order valence-electron chi connectivity index (χ2n) is 14.2. The Kier molecular flexibility index (Phi) is 53.1. The van der Waals surface area contributed by atoms with Crippen LogP contribution in [-0.2, 0) is 66.4 Å². The van der Waals surface area contributed by atoms with Crippen LogP contribution in [0.2, 0.25) is 0 Å². The summed E-state index contributed by atoms with van der Waals surface area (Å²) in [5, 5.41) is 17.8. The summed E-state index contributed by atoms with van der Waals surface area (Å²) in [6.07, 6.45) is 18.2. The highest BCUT2D eigenvalue weighted by Gasteiger charge is 2.07. The van der Waals surface area contributed by atoms with Crippen LogP contribution in [0, 0.1) is 0 Å². The standard InChI is InChI=1S/C44H88O16/c1-2-3-4-5-6-7-8-9-10-11-12-13-14-15-17-48-19-21-50-23-25-52-27-29-54-31-33-56-35-37-58-39-40-59-38-36-57-34-32-55-30-28-53-26-24-51-22-20-49-18-16-44(47)60-42-43(46)41-45/h43,45-46H,2-42H2,1H3. The number of esters is 1. The van der Waals surface area contributed by atoms with Gasteiger partial charge in [-0.05, 0) is 6.42 Å². The summed E-state index contributed by atoms with van der Waals surface area (Å²) >= 11 is 0. The number of carbonyl (C=O) groups excluding carboxylic acids is 1. The fourth-order valence-corrected chi connectivity index (χ4v) is 5.39. The van der Waals surface area contributed by atoms with Crippen LogP contribution in [0.25, 0.3) is 0 Å². The van der Waals surface area contributed by atoms with Crippen molar-refractivity contribution in [2.45, 2.75) is 109 Å². The van der Waals surface area contributed by atoms with Gasteiger partial charge in [-0.25, -0.2) is 0 Å². The van der Waals surface area contributed by atoms with E-state index in [9.17, 15) is 4.79 Å². The summed E-state index contributed by atoms with van der Waals surface area (Å²) in [6, 6.07) is 0. The molecule has 0 radical (unpaired) electrons. The van der Waals surface area contributed by atoms with Gasteiger partial charge in [0.1, 0.15) is 12.7 Å². The molecule has 2 N–H and O–H groups in total. The van der Waals surface area contributed by atoms with Gasteiger partial charge in [0.15, 0.2) is 0 Å². The van der Waals surface area contributed by atoms with E-state index in [1.807, 2.05) is 0 Å². The van der Waals surface area contributed by atoms with Crippen LogP contribution >= 0.6 is 0 Å². The van der Waals surface area contributed by atoms with E-state index in [-0.39, 0.29) is 19.6 Å². The van der Waals surface area contributed by atoms with E-state index < -0.39 is 18.7 Å². The predicted octanol–water partition coefficient (Wildman–Crippen LogP) is 4.95. The van der Waals surface area contributed by atoms with Crippen LogP contribution in [-0.4, -0.2) is 194 Å². The van der Waals surface area contributed by atoms with E-state index in [0.29, 0.717) is 145 Å². The van der Waals surface area contributed by atoms with Crippen LogP contribution in [0.1, 0.15) is 103 Å². The quantitative estimate of drug-likeness (QED) is 0.0619. The highest BCUT2D eigenvalue weighted by Crippen LogP contribution is 2.13. The van der Waals surface area contributed by atoms with Crippen LogP contribution in [0.5, 0.6) is 0 Å². The molecule has 0 aliphatic carbocycles. The molecule has 0 heterocycles. The molecule has 0 fully saturated rings. The Hall–Kier alpha value is -1.09. The molecular weight excluding hydrogens is 784 g/mol. The van der Waals surface area contributed by atoms with E-state index >= 15 is 0 Å². The van der Waals surface area contributed by atoms with Crippen molar-refractivity contribution in [3.8, 4) is 0 Å². The molecule has 0 bridgehead atoms. The number of aliphatic hydroxyl groups excluding tert-OH is 2. The third-order valence-electron chi connectivity index (χ3n) is 8.83. The van der Waals surface area contributed by atoms with Gasteiger partial charge >= 0.3 is 5.97 Å². The minimum atomic E-state index is -1.06. The van der Waals surface area contributed by atoms with Gasteiger partial charge in [0.25, 0.3) is 0 Å². The summed E-state index contributed by atoms with van der Waals surface area (Å²) in [6.45, 7) is 13.5. The average molecular weight is 873 g/mol. The van der Waals surface area contributed by atoms with Crippen LogP contribution in [0.4, 0.5) is 0 Å². The molecule has 0 saturated carbocycles. The number of aliphatic hydroxyl groups is 2. The van der Waals surface area contributed by atoms with Crippen molar-refractivity contribution in [3.05, 3.63) is 0 Å². The molecule has 1 unspecified atom stereocenters. The van der Waals surface area contributed by atoms with Crippen molar-refractivity contribution < 1.29 is 76.6 Å². The molecule has 0 amide bonds. The number of hydrogen-bond acceptors (Lipinski definition) is 16. The molecule has 0 aliphatic heterocycles. The smallest absolute Gasteiger partial charge is 0.308 e. The summed E-state index contributed by atoms with van der Waals surface area (Å²) in [4.78, 5) is 11.4. The predicted molar refractivity (Wildman–Crippen MR) is 229 cm³/mol.